The molecule has 0 spiro atoms. The van der Waals surface area contributed by atoms with Crippen LogP contribution in [0.1, 0.15) is 0 Å². The molecule has 0 radical (unpaired) electrons. The number of rotatable bonds is 0. The van der Waals surface area contributed by atoms with Gasteiger partial charge in [0, 0.05) is 0 Å². The molecule has 0 aliphatic rings. The normalized spacial score (nSPS) is 5.50. The van der Waals surface area contributed by atoms with Gasteiger partial charge in [0.1, 0.15) is 0 Å². The van der Waals surface area contributed by atoms with E-state index in [9.17, 15) is 0 Å². The number of carbonyl (C=O) groups excluding carboxylic acids is 2. The second-order valence-corrected chi connectivity index (χ2v) is 0.575. The van der Waals surface area contributed by atoms with Gasteiger partial charge in [0.05, 0.1) is 11.9 Å². The summed E-state index contributed by atoms with van der Waals surface area (Å²) in [4.78, 5) is 17.9. The molecule has 6 heteroatoms. The fraction of sp³-hybridized carbons (Fsp3) is 0. The van der Waals surface area contributed by atoms with Crippen molar-refractivity contribution in [3.63, 3.8) is 0 Å². The van der Waals surface area contributed by atoms with Crippen LogP contribution in [0, 0.1) is 0 Å². The van der Waals surface area contributed by atoms with E-state index in [2.05, 4.69) is 0 Å². The van der Waals surface area contributed by atoms with Crippen molar-refractivity contribution in [3.8, 4) is 0 Å². The summed E-state index contributed by atoms with van der Waals surface area (Å²) in [6, 6.07) is 0. The minimum absolute atomic E-state index is 0. The molecule has 0 saturated heterocycles. The smallest absolute Gasteiger partial charge is 0.543 e. The van der Waals surface area contributed by atoms with E-state index in [4.69, 9.17) is 19.8 Å². The summed E-state index contributed by atoms with van der Waals surface area (Å²) < 4.78 is 0. The Kier molecular flexibility index (Phi) is 13.8. The summed E-state index contributed by atoms with van der Waals surface area (Å²) >= 11 is 0. The van der Waals surface area contributed by atoms with Crippen LogP contribution in [0.3, 0.4) is 0 Å². The van der Waals surface area contributed by atoms with E-state index >= 15 is 0 Å². The van der Waals surface area contributed by atoms with E-state index in [1.165, 1.54) is 0 Å². The maximum Gasteiger partial charge on any atom is 2.00 e. The molecule has 0 bridgehead atoms. The molecule has 0 rings (SSSR count). The molecule has 0 aromatic carbocycles. The van der Waals surface area contributed by atoms with Crippen molar-refractivity contribution in [2.75, 3.05) is 0 Å². The van der Waals surface area contributed by atoms with Gasteiger partial charge in [0.2, 0.25) is 0 Å². The van der Waals surface area contributed by atoms with Crippen LogP contribution in [0.2, 0.25) is 0 Å². The van der Waals surface area contributed by atoms with Gasteiger partial charge in [0.15, 0.2) is 0 Å². The Hall–Kier alpha value is 0.0309. The Morgan fingerprint density at radius 3 is 1.12 bits per heavy atom. The Morgan fingerprint density at radius 1 is 1.00 bits per heavy atom. The number of carboxylic acids is 2. The molecule has 0 unspecified atom stereocenters. The van der Waals surface area contributed by atoms with E-state index in [-0.39, 0.29) is 35.4 Å². The maximum absolute atomic E-state index is 8.93. The number of aliphatic carboxylic acids is 2. The summed E-state index contributed by atoms with van der Waals surface area (Å²) in [5, 5.41) is 17.9. The van der Waals surface area contributed by atoms with Crippen molar-refractivity contribution < 1.29 is 55.2 Å². The van der Waals surface area contributed by atoms with Crippen LogP contribution in [0.5, 0.6) is 0 Å². The molecule has 0 fully saturated rings. The van der Waals surface area contributed by atoms with E-state index in [0.717, 1.165) is 0 Å². The van der Waals surface area contributed by atoms with E-state index in [1.807, 2.05) is 0 Å². The third kappa shape index (κ3) is 9.39. The third-order valence-electron chi connectivity index (χ3n) is 0.167. The fourth-order valence-electron chi connectivity index (χ4n) is 0. The predicted molar refractivity (Wildman–Crippen MR) is 10.0 cm³/mol. The second-order valence-electron chi connectivity index (χ2n) is 0.575. The molecule has 8 heavy (non-hydrogen) atoms. The molecule has 0 heterocycles. The fourth-order valence-corrected chi connectivity index (χ4v) is 0. The average molecular weight is 154 g/mol. The minimum Gasteiger partial charge on any atom is -0.543 e. The minimum atomic E-state index is -2.19. The van der Waals surface area contributed by atoms with Gasteiger partial charge in [0.25, 0.3) is 0 Å². The van der Waals surface area contributed by atoms with Gasteiger partial charge in [-0.2, -0.15) is 0 Å². The number of carbonyl (C=O) groups is 2. The van der Waals surface area contributed by atoms with Crippen LogP contribution in [-0.2, 0) is 26.1 Å². The summed E-state index contributed by atoms with van der Waals surface area (Å²) in [5.41, 5.74) is 0. The molecule has 42 valence electrons. The van der Waals surface area contributed by atoms with Crippen LogP contribution in [0.4, 0.5) is 0 Å². The van der Waals surface area contributed by atoms with Gasteiger partial charge in [-0.15, -0.1) is 0 Å². The molecule has 0 aromatic heterocycles. The van der Waals surface area contributed by atoms with Gasteiger partial charge in [-0.25, -0.2) is 0 Å². The summed E-state index contributed by atoms with van der Waals surface area (Å²) in [7, 11) is 0. The Balaban J connectivity index is -0.000000125. The first kappa shape index (κ1) is 15.7. The zero-order valence-corrected chi connectivity index (χ0v) is 4.94. The molecule has 0 aromatic rings. The number of hydrogen-bond acceptors (Lipinski definition) is 4. The van der Waals surface area contributed by atoms with Crippen LogP contribution in [-0.4, -0.2) is 11.9 Å². The van der Waals surface area contributed by atoms with Gasteiger partial charge >= 0.3 is 35.4 Å². The van der Waals surface area contributed by atoms with E-state index < -0.39 is 11.9 Å². The van der Waals surface area contributed by atoms with Crippen LogP contribution in [0.25, 0.3) is 0 Å². The Morgan fingerprint density at radius 2 is 1.12 bits per heavy atom. The first-order valence-corrected chi connectivity index (χ1v) is 1.07. The average Bonchev–Trinajstić information content (AvgIpc) is 1.36. The van der Waals surface area contributed by atoms with E-state index in [1.54, 1.807) is 0 Å². The monoisotopic (exact) mass is 153 g/mol. The SMILES string of the molecule is O=C([O-])C(=O)[O-].[Li+].[Ni+2]. The van der Waals surface area contributed by atoms with Crippen molar-refractivity contribution >= 4 is 11.9 Å². The first-order chi connectivity index (χ1) is 2.64. The van der Waals surface area contributed by atoms with E-state index in [0.29, 0.717) is 0 Å². The zero-order chi connectivity index (χ0) is 5.15. The summed E-state index contributed by atoms with van der Waals surface area (Å²) in [6.07, 6.45) is 0. The second kappa shape index (κ2) is 7.03. The van der Waals surface area contributed by atoms with Crippen LogP contribution >= 0.6 is 0 Å². The van der Waals surface area contributed by atoms with Gasteiger partial charge in [-0.1, -0.05) is 0 Å². The van der Waals surface area contributed by atoms with Crippen LogP contribution in [0.15, 0.2) is 0 Å². The van der Waals surface area contributed by atoms with Crippen molar-refractivity contribution in [1.82, 2.24) is 0 Å². The molecule has 4 nitrogen and oxygen atoms in total. The van der Waals surface area contributed by atoms with Gasteiger partial charge < -0.3 is 19.8 Å². The quantitative estimate of drug-likeness (QED) is 0.256. The van der Waals surface area contributed by atoms with Crippen molar-refractivity contribution in [2.24, 2.45) is 0 Å². The topological polar surface area (TPSA) is 80.3 Å². The largest absolute Gasteiger partial charge is 2.00 e. The summed E-state index contributed by atoms with van der Waals surface area (Å²) in [5.74, 6) is -4.37. The Bertz CT molecular complexity index is 80.0. The molecular weight excluding hydrogens is 154 g/mol. The van der Waals surface area contributed by atoms with Crippen LogP contribution < -0.4 is 29.1 Å². The maximum atomic E-state index is 8.93. The molecule has 0 aliphatic heterocycles. The molecule has 0 N–H and O–H groups in total. The number of carboxylic acid groups (broad SMARTS) is 2. The third-order valence-corrected chi connectivity index (χ3v) is 0.167. The molecular formula is C2LiNiO4+. The van der Waals surface area contributed by atoms with Crippen molar-refractivity contribution in [2.45, 2.75) is 0 Å². The summed E-state index contributed by atoms with van der Waals surface area (Å²) in [6.45, 7) is 0. The first-order valence-electron chi connectivity index (χ1n) is 1.07. The molecule has 0 amide bonds. The van der Waals surface area contributed by atoms with Crippen molar-refractivity contribution in [1.29, 1.82) is 0 Å². The molecule has 0 atom stereocenters. The predicted octanol–water partition coefficient (Wildman–Crippen LogP) is -6.51. The molecule has 0 saturated carbocycles. The Labute approximate surface area is 67.4 Å². The van der Waals surface area contributed by atoms with Gasteiger partial charge in [-0.3, -0.25) is 0 Å². The standard InChI is InChI=1S/C2H2O4.Li.Ni/c3-1(4)2(5)6;;/h(H,3,4)(H,5,6);;/q;+1;+2/p-2. The zero-order valence-electron chi connectivity index (χ0n) is 3.95. The van der Waals surface area contributed by atoms with Gasteiger partial charge in [-0.05, 0) is 0 Å². The van der Waals surface area contributed by atoms with Crippen molar-refractivity contribution in [3.05, 3.63) is 0 Å². The number of hydrogen-bond donors (Lipinski definition) is 0. The molecule has 0 aliphatic carbocycles.